The molecule has 0 saturated carbocycles. The molecular formula is C114H148O12S6Si7. The molecule has 0 fully saturated rings. The Morgan fingerprint density at radius 2 is 0.460 bits per heavy atom. The van der Waals surface area contributed by atoms with Gasteiger partial charge in [0.1, 0.15) is 34.5 Å². The number of hydrogen-bond acceptors (Lipinski definition) is 18. The lowest BCUT2D eigenvalue weighted by Gasteiger charge is -2.43. The van der Waals surface area contributed by atoms with Crippen molar-refractivity contribution >= 4 is 129 Å². The summed E-state index contributed by atoms with van der Waals surface area (Å²) >= 11 is 11.8. The number of unbranched alkanes of at least 4 members (excludes halogenated alkanes) is 12. The van der Waals surface area contributed by atoms with Crippen LogP contribution in [0.3, 0.4) is 0 Å². The second-order valence-electron chi connectivity index (χ2n) is 40.6. The topological polar surface area (TPSA) is 111 Å². The zero-order valence-corrected chi connectivity index (χ0v) is 97.1. The zero-order chi connectivity index (χ0) is 98.1. The van der Waals surface area contributed by atoms with E-state index < -0.39 is 59.2 Å². The summed E-state index contributed by atoms with van der Waals surface area (Å²) in [5, 5.41) is 4.87. The summed E-state index contributed by atoms with van der Waals surface area (Å²) in [6, 6.07) is 90.8. The first kappa shape index (κ1) is 108. The Balaban J connectivity index is 0.549. The van der Waals surface area contributed by atoms with Crippen LogP contribution in [0.2, 0.25) is 109 Å². The van der Waals surface area contributed by atoms with Gasteiger partial charge in [-0.25, -0.2) is 0 Å². The average Bonchev–Trinajstić information content (AvgIpc) is 1.58. The van der Waals surface area contributed by atoms with E-state index in [9.17, 15) is 0 Å². The van der Waals surface area contributed by atoms with E-state index in [2.05, 4.69) is 328 Å². The van der Waals surface area contributed by atoms with Crippen LogP contribution in [0.15, 0.2) is 273 Å². The van der Waals surface area contributed by atoms with E-state index >= 15 is 0 Å². The van der Waals surface area contributed by atoms with Crippen LogP contribution in [0.4, 0.5) is 0 Å². The molecule has 2 aliphatic rings. The number of rotatable bonds is 57. The fourth-order valence-electron chi connectivity index (χ4n) is 18.8. The monoisotopic (exact) mass is 2100 g/mol. The van der Waals surface area contributed by atoms with E-state index in [1.54, 1.807) is 0 Å². The molecule has 0 spiro atoms. The summed E-state index contributed by atoms with van der Waals surface area (Å²) in [5.74, 6) is 5.41. The van der Waals surface area contributed by atoms with E-state index in [1.165, 1.54) is 107 Å². The van der Waals surface area contributed by atoms with Gasteiger partial charge < -0.3 is 53.4 Å². The van der Waals surface area contributed by atoms with Gasteiger partial charge in [0, 0.05) is 57.7 Å². The van der Waals surface area contributed by atoms with Crippen LogP contribution in [0, 0.1) is 0 Å². The van der Waals surface area contributed by atoms with Gasteiger partial charge in [0.2, 0.25) is 0 Å². The molecule has 0 aliphatic carbocycles. The van der Waals surface area contributed by atoms with Crippen molar-refractivity contribution in [2.45, 2.75) is 275 Å². The summed E-state index contributed by atoms with van der Waals surface area (Å²) in [4.78, 5) is 8.20. The molecule has 0 N–H and O–H groups in total. The first-order valence-corrected chi connectivity index (χ1v) is 76.3. The minimum absolute atomic E-state index is 0.0753. The lowest BCUT2D eigenvalue weighted by Crippen LogP contribution is -2.58. The molecule has 4 heterocycles. The minimum Gasteiger partial charge on any atom is -0.494 e. The highest BCUT2D eigenvalue weighted by molar-refractivity contribution is 8.19. The van der Waals surface area contributed by atoms with Crippen molar-refractivity contribution in [3.05, 3.63) is 263 Å². The second-order valence-corrected chi connectivity index (χ2v) is 75.6. The van der Waals surface area contributed by atoms with Crippen molar-refractivity contribution in [1.82, 2.24) is 0 Å². The van der Waals surface area contributed by atoms with Crippen LogP contribution >= 0.6 is 69.7 Å². The lowest BCUT2D eigenvalue weighted by atomic mass is 9.92. The molecule has 12 aromatic rings. The number of benzene rings is 10. The van der Waals surface area contributed by atoms with Gasteiger partial charge in [-0.15, -0.1) is 69.7 Å². The van der Waals surface area contributed by atoms with Gasteiger partial charge in [0.15, 0.2) is 25.0 Å². The van der Waals surface area contributed by atoms with Crippen LogP contribution in [0.25, 0.3) is 77.9 Å². The number of thioether (sulfide) groups is 4. The van der Waals surface area contributed by atoms with Gasteiger partial charge in [-0.3, -0.25) is 0 Å². The van der Waals surface area contributed by atoms with Crippen molar-refractivity contribution in [2.75, 3.05) is 39.6 Å². The Bertz CT molecular complexity index is 5730. The third-order valence-electron chi connectivity index (χ3n) is 24.5. The summed E-state index contributed by atoms with van der Waals surface area (Å²) in [7, 11) is -16.3. The summed E-state index contributed by atoms with van der Waals surface area (Å²) in [6.07, 6.45) is 17.0. The molecule has 2 aromatic heterocycles. The quantitative estimate of drug-likeness (QED) is 0.0266. The number of ether oxygens (including phenoxy) is 6. The van der Waals surface area contributed by atoms with Gasteiger partial charge in [-0.1, -0.05) is 223 Å². The van der Waals surface area contributed by atoms with E-state index in [-0.39, 0.29) is 15.3 Å². The van der Waals surface area contributed by atoms with Crippen molar-refractivity contribution in [1.29, 1.82) is 0 Å². The first-order valence-electron chi connectivity index (χ1n) is 50.7. The van der Waals surface area contributed by atoms with Crippen LogP contribution in [-0.4, -0.2) is 105 Å². The Morgan fingerprint density at radius 1 is 0.245 bits per heavy atom. The zero-order valence-electron chi connectivity index (χ0n) is 85.2. The van der Waals surface area contributed by atoms with Gasteiger partial charge >= 0.3 is 34.2 Å². The minimum atomic E-state index is -2.62. The molecule has 0 radical (unpaired) electrons. The predicted molar refractivity (Wildman–Crippen MR) is 611 cm³/mol. The average molecular weight is 2100 g/mol. The predicted octanol–water partition coefficient (Wildman–Crippen LogP) is 36.5. The molecule has 10 aromatic carbocycles. The molecule has 0 saturated heterocycles. The maximum atomic E-state index is 7.52. The third-order valence-corrected chi connectivity index (χ3v) is 58.3. The molecule has 0 bridgehead atoms. The number of hydrogen-bond donors (Lipinski definition) is 0. The Morgan fingerprint density at radius 3 is 0.698 bits per heavy atom. The third kappa shape index (κ3) is 32.8. The fraction of sp³-hybridized carbons (Fsp3) is 0.404. The summed E-state index contributed by atoms with van der Waals surface area (Å²) in [5.41, 5.74) is 17.0. The van der Waals surface area contributed by atoms with Crippen LogP contribution in [-0.2, 0) is 25.0 Å². The van der Waals surface area contributed by atoms with Crippen molar-refractivity contribution in [3.63, 3.8) is 0 Å². The maximum absolute atomic E-state index is 7.52. The van der Waals surface area contributed by atoms with Crippen LogP contribution < -0.4 is 28.4 Å². The Kier molecular flexibility index (Phi) is 39.7. The van der Waals surface area contributed by atoms with E-state index in [0.29, 0.717) is 39.6 Å². The first-order chi connectivity index (χ1) is 66.8. The normalized spacial score (nSPS) is 14.8. The SMILES string of the molecule is CCOc1ccc(-c2ccc(-c3ccc(OCCCCCC[Si](C)(O[Si](C)(C)C)O[Si](C)(CCCCCCOc4ccc(-c5csc(C6Sc7ccccc7S6)c5-c5c(-c6ccc(OCCCCCC[Si](C)(O[Si](C)(C)C)O[Si](C)(CCCCCCOc7ccc(-c8ccc(-c9ccc(OCC)cc9)cc8)cc7)O[Si](C)(C)C)cc6)csc5C5Sc6ccccc6S5)cc4)OC(C)C)cc3)cc2)cc1. The Labute approximate surface area is 864 Å². The standard InChI is InChI=1S/C114H148O12S6Si7/c1-18-115-97-64-52-91(53-65-97)87-44-48-89(49-45-87)93-56-68-99(69-57-93)117-76-33-21-25-37-81-137(15,122-133(5,6)7)125-136(14,121-86(3)4)80-36-24-20-32-78-119-101-72-60-95(61-73-101)103-84-127-111(113-129-105-40-28-29-41-106(105)130-113)109(103)110-104(85-128-112(110)114-131-107-42-30-31-43-108(107)132-114)96-62-74-102(75-63-96)120-79-35-23-27-39-83-139(17,124-135(11,12)13)126-138(16,123-134(8,9)10)82-38-26-22-34-77-118-100-70-58-94(59-71-100)90-50-46-88(47-51-90)92-54-66-98(67-55-92)116-19-2/h28-31,40-75,84-86,113-114H,18-27,32-39,76-83H2,1-17H3. The molecule has 139 heavy (non-hydrogen) atoms. The smallest absolute Gasteiger partial charge is 0.326 e. The largest absolute Gasteiger partial charge is 0.494 e. The number of fused-ring (bicyclic) bond motifs is 2. The van der Waals surface area contributed by atoms with Crippen LogP contribution in [0.5, 0.6) is 34.5 Å². The van der Waals surface area contributed by atoms with Gasteiger partial charge in [0.25, 0.3) is 0 Å². The number of thiophene rings is 2. The maximum Gasteiger partial charge on any atom is 0.326 e. The van der Waals surface area contributed by atoms with Crippen LogP contribution in [0.1, 0.15) is 149 Å². The highest BCUT2D eigenvalue weighted by atomic mass is 32.2. The highest BCUT2D eigenvalue weighted by Crippen LogP contribution is 2.65. The van der Waals surface area contributed by atoms with Crippen molar-refractivity contribution in [3.8, 4) is 112 Å². The molecule has 0 amide bonds. The summed E-state index contributed by atoms with van der Waals surface area (Å²) < 4.78 is 80.8. The van der Waals surface area contributed by atoms with Gasteiger partial charge in [0.05, 0.1) is 48.8 Å². The Hall–Kier alpha value is -6.92. The van der Waals surface area contributed by atoms with Gasteiger partial charge in [-0.2, -0.15) is 0 Å². The molecule has 740 valence electrons. The second kappa shape index (κ2) is 51.2. The van der Waals surface area contributed by atoms with Crippen molar-refractivity contribution in [2.24, 2.45) is 0 Å². The van der Waals surface area contributed by atoms with Crippen molar-refractivity contribution < 1.29 is 53.4 Å². The fourth-order valence-corrected chi connectivity index (χ4v) is 59.5. The molecule has 14 rings (SSSR count). The molecule has 4 atom stereocenters. The van der Waals surface area contributed by atoms with E-state index in [0.717, 1.165) is 161 Å². The highest BCUT2D eigenvalue weighted by Gasteiger charge is 2.48. The molecule has 12 nitrogen and oxygen atoms in total. The summed E-state index contributed by atoms with van der Waals surface area (Å²) in [6.45, 7) is 42.4. The van der Waals surface area contributed by atoms with E-state index in [1.807, 2.05) is 108 Å². The molecular weight excluding hydrogens is 1950 g/mol. The molecule has 25 heteroatoms. The van der Waals surface area contributed by atoms with E-state index in [4.69, 9.17) is 53.4 Å². The molecule has 4 unspecified atom stereocenters. The molecule has 2 aliphatic heterocycles. The van der Waals surface area contributed by atoms with Gasteiger partial charge in [-0.05, 0) is 326 Å². The lowest BCUT2D eigenvalue weighted by molar-refractivity contribution is 0.170.